The van der Waals surface area contributed by atoms with E-state index in [0.29, 0.717) is 43.0 Å². The molecule has 2 heterocycles. The van der Waals surface area contributed by atoms with Gasteiger partial charge in [0, 0.05) is 35.8 Å². The number of thiazole rings is 1. The highest BCUT2D eigenvalue weighted by Crippen LogP contribution is 2.34. The Morgan fingerprint density at radius 1 is 1.25 bits per heavy atom. The van der Waals surface area contributed by atoms with E-state index in [2.05, 4.69) is 15.2 Å². The summed E-state index contributed by atoms with van der Waals surface area (Å²) in [6.07, 6.45) is 4.52. The van der Waals surface area contributed by atoms with E-state index in [-0.39, 0.29) is 11.6 Å². The molecule has 1 saturated carbocycles. The van der Waals surface area contributed by atoms with E-state index < -0.39 is 4.92 Å². The fourth-order valence-corrected chi connectivity index (χ4v) is 5.18. The number of aryl methyl sites for hydroxylation is 2. The molecule has 1 amide bonds. The van der Waals surface area contributed by atoms with Crippen molar-refractivity contribution in [3.63, 3.8) is 0 Å². The van der Waals surface area contributed by atoms with Crippen LogP contribution in [0.15, 0.2) is 18.2 Å². The molecule has 0 spiro atoms. The number of anilines is 2. The van der Waals surface area contributed by atoms with Crippen LogP contribution in [-0.4, -0.2) is 65.7 Å². The number of aromatic nitrogens is 1. The number of carbonyl (C=O) groups excluding carboxylic acids is 1. The lowest BCUT2D eigenvalue weighted by molar-refractivity contribution is -0.407. The average molecular weight is 463 g/mol. The summed E-state index contributed by atoms with van der Waals surface area (Å²) >= 11 is 1.43. The Balaban J connectivity index is 1.69. The summed E-state index contributed by atoms with van der Waals surface area (Å²) in [6.45, 7) is 5.45. The number of benzene rings is 1. The maximum Gasteiger partial charge on any atom is 0.259 e. The van der Waals surface area contributed by atoms with Gasteiger partial charge in [-0.05, 0) is 32.8 Å². The molecular weight excluding hydrogens is 430 g/mol. The molecule has 10 heteroatoms. The largest absolute Gasteiger partial charge is 0.378 e. The van der Waals surface area contributed by atoms with Crippen LogP contribution in [0.3, 0.4) is 0 Å². The number of rotatable bonds is 6. The highest BCUT2D eigenvalue weighted by Gasteiger charge is 2.39. The van der Waals surface area contributed by atoms with Gasteiger partial charge in [-0.3, -0.25) is 10.1 Å². The van der Waals surface area contributed by atoms with Crippen LogP contribution >= 0.6 is 11.3 Å². The third-order valence-electron chi connectivity index (χ3n) is 6.45. The number of amides is 1. The molecule has 2 fully saturated rings. The zero-order chi connectivity index (χ0) is 22.9. The summed E-state index contributed by atoms with van der Waals surface area (Å²) in [5.41, 5.74) is 2.24. The van der Waals surface area contributed by atoms with Crippen molar-refractivity contribution in [3.05, 3.63) is 34.3 Å². The number of morpholine rings is 1. The van der Waals surface area contributed by atoms with Gasteiger partial charge in [-0.1, -0.05) is 17.9 Å². The predicted molar refractivity (Wildman–Crippen MR) is 124 cm³/mol. The van der Waals surface area contributed by atoms with E-state index in [9.17, 15) is 15.2 Å². The summed E-state index contributed by atoms with van der Waals surface area (Å²) in [5, 5.41) is 26.7. The van der Waals surface area contributed by atoms with Gasteiger partial charge in [-0.25, -0.2) is 4.98 Å². The van der Waals surface area contributed by atoms with E-state index in [1.54, 1.807) is 18.2 Å². The molecule has 1 aliphatic carbocycles. The van der Waals surface area contributed by atoms with Crippen molar-refractivity contribution in [2.24, 2.45) is 0 Å². The summed E-state index contributed by atoms with van der Waals surface area (Å²) in [6, 6.07) is 5.41. The molecule has 0 radical (unpaired) electrons. The van der Waals surface area contributed by atoms with Gasteiger partial charge in [-0.2, -0.15) is 10.4 Å². The van der Waals surface area contributed by atoms with Crippen LogP contribution in [0, 0.1) is 13.8 Å². The van der Waals surface area contributed by atoms with E-state index in [1.165, 1.54) is 29.2 Å². The number of nitrogens with zero attached hydrogens (tertiary/aromatic N) is 4. The van der Waals surface area contributed by atoms with Gasteiger partial charge in [-0.15, -0.1) is 11.3 Å². The SMILES string of the molecule is Cc1nc(NC(=O)c2cc([N+](O)(O)N3CCOCC3)ccc2N(C)C2CCCC2)sc1C. The minimum Gasteiger partial charge on any atom is -0.378 e. The molecule has 9 nitrogen and oxygen atoms in total. The monoisotopic (exact) mass is 462 g/mol. The Kier molecular flexibility index (Phi) is 6.80. The first-order valence-corrected chi connectivity index (χ1v) is 11.9. The van der Waals surface area contributed by atoms with Gasteiger partial charge in [0.25, 0.3) is 5.91 Å². The van der Waals surface area contributed by atoms with Gasteiger partial charge in [0.1, 0.15) is 0 Å². The second-order valence-corrected chi connectivity index (χ2v) is 9.70. The summed E-state index contributed by atoms with van der Waals surface area (Å²) in [4.78, 5) is 19.6. The quantitative estimate of drug-likeness (QED) is 0.444. The second kappa shape index (κ2) is 9.42. The van der Waals surface area contributed by atoms with Gasteiger partial charge in [0.15, 0.2) is 5.13 Å². The van der Waals surface area contributed by atoms with Crippen LogP contribution < -0.4 is 15.1 Å². The van der Waals surface area contributed by atoms with Crippen molar-refractivity contribution in [1.82, 2.24) is 14.9 Å². The van der Waals surface area contributed by atoms with Crippen molar-refractivity contribution in [1.29, 1.82) is 0 Å². The molecule has 3 N–H and O–H groups in total. The Labute approximate surface area is 192 Å². The minimum absolute atomic E-state index is 0.201. The molecule has 1 saturated heterocycles. The van der Waals surface area contributed by atoms with E-state index in [1.807, 2.05) is 20.9 Å². The summed E-state index contributed by atoms with van der Waals surface area (Å²) in [5.74, 6) is -0.317. The third kappa shape index (κ3) is 4.66. The van der Waals surface area contributed by atoms with Gasteiger partial charge in [0.05, 0.1) is 42.5 Å². The topological polar surface area (TPSA) is 98.2 Å². The molecule has 2 aliphatic rings. The molecular formula is C22H32N5O4S+. The number of hydrogen-bond donors (Lipinski definition) is 3. The predicted octanol–water partition coefficient (Wildman–Crippen LogP) is 3.72. The Morgan fingerprint density at radius 3 is 2.56 bits per heavy atom. The normalized spacial score (nSPS) is 18.2. The van der Waals surface area contributed by atoms with E-state index >= 15 is 0 Å². The Morgan fingerprint density at radius 2 is 1.94 bits per heavy atom. The van der Waals surface area contributed by atoms with Crippen LogP contribution in [0.5, 0.6) is 0 Å². The molecule has 174 valence electrons. The molecule has 4 rings (SSSR count). The minimum atomic E-state index is -1.41. The lowest BCUT2D eigenvalue weighted by Gasteiger charge is -2.34. The fraction of sp³-hybridized carbons (Fsp3) is 0.545. The van der Waals surface area contributed by atoms with Crippen molar-refractivity contribution < 1.29 is 19.9 Å². The first kappa shape index (κ1) is 23.1. The van der Waals surface area contributed by atoms with Crippen LogP contribution in [0.1, 0.15) is 46.6 Å². The van der Waals surface area contributed by atoms with Gasteiger partial charge >= 0.3 is 0 Å². The van der Waals surface area contributed by atoms with Crippen molar-refractivity contribution >= 4 is 33.8 Å². The molecule has 1 aromatic carbocycles. The van der Waals surface area contributed by atoms with E-state index in [4.69, 9.17) is 4.74 Å². The molecule has 1 aromatic heterocycles. The molecule has 32 heavy (non-hydrogen) atoms. The zero-order valence-corrected chi connectivity index (χ0v) is 19.7. The van der Waals surface area contributed by atoms with Gasteiger partial charge < -0.3 is 9.64 Å². The molecule has 1 aliphatic heterocycles. The fourth-order valence-electron chi connectivity index (χ4n) is 4.37. The van der Waals surface area contributed by atoms with Crippen LogP contribution in [-0.2, 0) is 4.74 Å². The summed E-state index contributed by atoms with van der Waals surface area (Å²) < 4.78 is 5.33. The highest BCUT2D eigenvalue weighted by atomic mass is 32.1. The summed E-state index contributed by atoms with van der Waals surface area (Å²) in [7, 11) is 2.00. The molecule has 2 aromatic rings. The maximum atomic E-state index is 13.4. The van der Waals surface area contributed by atoms with Crippen molar-refractivity contribution in [2.45, 2.75) is 45.6 Å². The lowest BCUT2D eigenvalue weighted by Crippen LogP contribution is -2.60. The number of carbonyl (C=O) groups is 1. The van der Waals surface area contributed by atoms with Crippen LogP contribution in [0.2, 0.25) is 0 Å². The number of nitrogens with one attached hydrogen (secondary N) is 1. The first-order valence-electron chi connectivity index (χ1n) is 11.1. The van der Waals surface area contributed by atoms with Crippen LogP contribution in [0.4, 0.5) is 16.5 Å². The third-order valence-corrected chi connectivity index (χ3v) is 7.44. The number of hydrogen-bond acceptors (Lipinski definition) is 8. The molecule has 0 unspecified atom stereocenters. The molecule has 0 atom stereocenters. The lowest BCUT2D eigenvalue weighted by atomic mass is 10.1. The number of quaternary nitrogens is 1. The smallest absolute Gasteiger partial charge is 0.259 e. The highest BCUT2D eigenvalue weighted by molar-refractivity contribution is 7.15. The van der Waals surface area contributed by atoms with Crippen molar-refractivity contribution in [2.75, 3.05) is 43.6 Å². The Hall–Kier alpha value is -2.08. The zero-order valence-electron chi connectivity index (χ0n) is 18.9. The second-order valence-electron chi connectivity index (χ2n) is 8.50. The first-order chi connectivity index (χ1) is 15.3. The number of ether oxygens (including phenoxy) is 1. The van der Waals surface area contributed by atoms with Crippen molar-refractivity contribution in [3.8, 4) is 0 Å². The van der Waals surface area contributed by atoms with E-state index in [0.717, 1.165) is 29.1 Å². The maximum absolute atomic E-state index is 13.4. The standard InChI is InChI=1S/C22H31N5O4S/c1-15-16(2)32-22(23-15)24-21(28)19-14-18(27(29,30)26-10-12-31-13-11-26)8-9-20(19)25(3)17-6-4-5-7-17/h8-9,14,17,29-30H,4-7,10-13H2,1-3H3/p+1. The van der Waals surface area contributed by atoms with Gasteiger partial charge in [0.2, 0.25) is 5.69 Å². The van der Waals surface area contributed by atoms with Crippen LogP contribution in [0.25, 0.3) is 0 Å². The Bertz CT molecular complexity index is 948. The average Bonchev–Trinajstić information content (AvgIpc) is 3.43. The molecule has 0 bridgehead atoms.